The molecule has 0 aliphatic heterocycles. The molecule has 106 valence electrons. The molecule has 0 aliphatic carbocycles. The maximum absolute atomic E-state index is 5.78. The largest absolute Gasteiger partial charge is 0.457 e. The molecule has 0 aliphatic rings. The summed E-state index contributed by atoms with van der Waals surface area (Å²) in [4.78, 5) is 0. The number of anilines is 2. The van der Waals surface area contributed by atoms with Crippen LogP contribution in [0, 0.1) is 0 Å². The van der Waals surface area contributed by atoms with E-state index in [0.717, 1.165) is 12.2 Å². The molecule has 0 fully saturated rings. The zero-order chi connectivity index (χ0) is 14.8. The molecule has 3 nitrogen and oxygen atoms in total. The molecule has 0 saturated heterocycles. The van der Waals surface area contributed by atoms with Crippen molar-refractivity contribution in [3.05, 3.63) is 48.0 Å². The van der Waals surface area contributed by atoms with Crippen molar-refractivity contribution in [3.63, 3.8) is 0 Å². The van der Waals surface area contributed by atoms with Gasteiger partial charge in [-0.1, -0.05) is 32.9 Å². The highest BCUT2D eigenvalue weighted by molar-refractivity contribution is 5.65. The molecule has 2 aromatic carbocycles. The molecule has 0 radical (unpaired) electrons. The Balaban J connectivity index is 2.16. The summed E-state index contributed by atoms with van der Waals surface area (Å²) in [5.41, 5.74) is 14.0. The van der Waals surface area contributed by atoms with Gasteiger partial charge in [-0.3, -0.25) is 0 Å². The van der Waals surface area contributed by atoms with Crippen molar-refractivity contribution in [2.45, 2.75) is 32.6 Å². The topological polar surface area (TPSA) is 61.3 Å². The Morgan fingerprint density at radius 3 is 2.05 bits per heavy atom. The van der Waals surface area contributed by atoms with Gasteiger partial charge in [-0.2, -0.15) is 0 Å². The van der Waals surface area contributed by atoms with Crippen LogP contribution in [-0.4, -0.2) is 0 Å². The second kappa shape index (κ2) is 5.45. The number of ether oxygens (including phenoxy) is 1. The fourth-order valence-electron chi connectivity index (χ4n) is 1.93. The van der Waals surface area contributed by atoms with Gasteiger partial charge >= 0.3 is 0 Å². The van der Waals surface area contributed by atoms with Gasteiger partial charge in [0.25, 0.3) is 0 Å². The number of nitrogen functional groups attached to an aromatic ring is 2. The first kappa shape index (κ1) is 14.3. The van der Waals surface area contributed by atoms with Gasteiger partial charge in [0.15, 0.2) is 0 Å². The van der Waals surface area contributed by atoms with Gasteiger partial charge in [-0.25, -0.2) is 0 Å². The van der Waals surface area contributed by atoms with E-state index in [9.17, 15) is 0 Å². The molecule has 0 aromatic heterocycles. The summed E-state index contributed by atoms with van der Waals surface area (Å²) in [5, 5.41) is 0. The number of hydrogen-bond donors (Lipinski definition) is 2. The first-order chi connectivity index (χ1) is 9.42. The van der Waals surface area contributed by atoms with Gasteiger partial charge in [0.05, 0.1) is 11.4 Å². The second-order valence-electron chi connectivity index (χ2n) is 5.65. The van der Waals surface area contributed by atoms with Crippen molar-refractivity contribution in [2.24, 2.45) is 0 Å². The number of benzene rings is 2. The summed E-state index contributed by atoms with van der Waals surface area (Å²) in [6, 6.07) is 13.5. The molecule has 20 heavy (non-hydrogen) atoms. The van der Waals surface area contributed by atoms with Gasteiger partial charge in [0, 0.05) is 6.07 Å². The van der Waals surface area contributed by atoms with Crippen LogP contribution in [0.25, 0.3) is 0 Å². The molecule has 2 rings (SSSR count). The Morgan fingerprint density at radius 2 is 1.50 bits per heavy atom. The third-order valence-electron chi connectivity index (χ3n) is 3.81. The predicted octanol–water partition coefficient (Wildman–Crippen LogP) is 4.33. The Morgan fingerprint density at radius 1 is 0.900 bits per heavy atom. The molecular weight excluding hydrogens is 248 g/mol. The highest BCUT2D eigenvalue weighted by Crippen LogP contribution is 2.30. The van der Waals surface area contributed by atoms with Crippen molar-refractivity contribution in [2.75, 3.05) is 11.5 Å². The first-order valence-corrected chi connectivity index (χ1v) is 6.86. The highest BCUT2D eigenvalue weighted by atomic mass is 16.5. The van der Waals surface area contributed by atoms with Crippen molar-refractivity contribution in [3.8, 4) is 11.5 Å². The van der Waals surface area contributed by atoms with E-state index in [-0.39, 0.29) is 5.41 Å². The van der Waals surface area contributed by atoms with Crippen LogP contribution in [-0.2, 0) is 5.41 Å². The van der Waals surface area contributed by atoms with E-state index in [4.69, 9.17) is 16.2 Å². The summed E-state index contributed by atoms with van der Waals surface area (Å²) in [6.07, 6.45) is 1.10. The molecule has 0 atom stereocenters. The van der Waals surface area contributed by atoms with Crippen molar-refractivity contribution < 1.29 is 4.74 Å². The summed E-state index contributed by atoms with van der Waals surface area (Å²) in [7, 11) is 0. The smallest absolute Gasteiger partial charge is 0.129 e. The lowest BCUT2D eigenvalue weighted by Gasteiger charge is -2.23. The molecule has 0 unspecified atom stereocenters. The molecule has 0 spiro atoms. The number of rotatable bonds is 4. The molecule has 4 N–H and O–H groups in total. The first-order valence-electron chi connectivity index (χ1n) is 6.86. The summed E-state index contributed by atoms with van der Waals surface area (Å²) < 4.78 is 5.78. The third kappa shape index (κ3) is 3.05. The summed E-state index contributed by atoms with van der Waals surface area (Å²) in [5.74, 6) is 1.49. The zero-order valence-corrected chi connectivity index (χ0v) is 12.3. The monoisotopic (exact) mass is 270 g/mol. The predicted molar refractivity (Wildman–Crippen MR) is 85.1 cm³/mol. The lowest BCUT2D eigenvalue weighted by Crippen LogP contribution is -2.14. The second-order valence-corrected chi connectivity index (χ2v) is 5.65. The Kier molecular flexibility index (Phi) is 3.89. The molecule has 0 bridgehead atoms. The van der Waals surface area contributed by atoms with Crippen molar-refractivity contribution in [1.29, 1.82) is 0 Å². The maximum Gasteiger partial charge on any atom is 0.129 e. The van der Waals surface area contributed by atoms with Crippen LogP contribution in [0.15, 0.2) is 42.5 Å². The van der Waals surface area contributed by atoms with E-state index >= 15 is 0 Å². The zero-order valence-electron chi connectivity index (χ0n) is 12.3. The molecule has 0 amide bonds. The summed E-state index contributed by atoms with van der Waals surface area (Å²) >= 11 is 0. The Labute approximate surface area is 120 Å². The van der Waals surface area contributed by atoms with E-state index in [0.29, 0.717) is 17.1 Å². The third-order valence-corrected chi connectivity index (χ3v) is 3.81. The van der Waals surface area contributed by atoms with E-state index in [1.807, 2.05) is 18.2 Å². The molecule has 0 saturated carbocycles. The number of nitrogens with two attached hydrogens (primary N) is 2. The van der Waals surface area contributed by atoms with Crippen LogP contribution < -0.4 is 16.2 Å². The van der Waals surface area contributed by atoms with E-state index in [1.165, 1.54) is 5.56 Å². The Hall–Kier alpha value is -2.16. The van der Waals surface area contributed by atoms with Crippen LogP contribution in [0.5, 0.6) is 11.5 Å². The number of hydrogen-bond acceptors (Lipinski definition) is 3. The van der Waals surface area contributed by atoms with Crippen LogP contribution in [0.4, 0.5) is 11.4 Å². The van der Waals surface area contributed by atoms with Gasteiger partial charge in [-0.15, -0.1) is 0 Å². The molecular formula is C17H22N2O. The standard InChI is InChI=1S/C17H22N2O/c1-4-17(2,3)12-5-7-13(8-6-12)20-14-9-10-15(18)16(19)11-14/h5-11H,4,18-19H2,1-3H3. The quantitative estimate of drug-likeness (QED) is 0.813. The molecule has 3 heteroatoms. The summed E-state index contributed by atoms with van der Waals surface area (Å²) in [6.45, 7) is 6.68. The SMILES string of the molecule is CCC(C)(C)c1ccc(Oc2ccc(N)c(N)c2)cc1. The van der Waals surface area contributed by atoms with Crippen LogP contribution in [0.2, 0.25) is 0 Å². The average Bonchev–Trinajstić information content (AvgIpc) is 2.43. The van der Waals surface area contributed by atoms with Crippen LogP contribution in [0.1, 0.15) is 32.8 Å². The molecule has 2 aromatic rings. The normalized spacial score (nSPS) is 11.3. The lowest BCUT2D eigenvalue weighted by molar-refractivity contribution is 0.478. The average molecular weight is 270 g/mol. The Bertz CT molecular complexity index is 588. The maximum atomic E-state index is 5.78. The highest BCUT2D eigenvalue weighted by Gasteiger charge is 2.17. The van der Waals surface area contributed by atoms with Gasteiger partial charge in [0.2, 0.25) is 0 Å². The fraction of sp³-hybridized carbons (Fsp3) is 0.294. The van der Waals surface area contributed by atoms with Gasteiger partial charge in [-0.05, 0) is 41.7 Å². The van der Waals surface area contributed by atoms with Crippen molar-refractivity contribution >= 4 is 11.4 Å². The van der Waals surface area contributed by atoms with Crippen molar-refractivity contribution in [1.82, 2.24) is 0 Å². The minimum absolute atomic E-state index is 0.185. The van der Waals surface area contributed by atoms with E-state index in [1.54, 1.807) is 12.1 Å². The minimum Gasteiger partial charge on any atom is -0.457 e. The minimum atomic E-state index is 0.185. The van der Waals surface area contributed by atoms with Gasteiger partial charge < -0.3 is 16.2 Å². The van der Waals surface area contributed by atoms with Crippen LogP contribution in [0.3, 0.4) is 0 Å². The van der Waals surface area contributed by atoms with E-state index in [2.05, 4.69) is 32.9 Å². The lowest BCUT2D eigenvalue weighted by atomic mass is 9.82. The van der Waals surface area contributed by atoms with Gasteiger partial charge in [0.1, 0.15) is 11.5 Å². The molecule has 0 heterocycles. The van der Waals surface area contributed by atoms with Crippen LogP contribution >= 0.6 is 0 Å². The fourth-order valence-corrected chi connectivity index (χ4v) is 1.93. The van der Waals surface area contributed by atoms with E-state index < -0.39 is 0 Å².